The van der Waals surface area contributed by atoms with Crippen LogP contribution >= 0.6 is 0 Å². The Morgan fingerprint density at radius 3 is 2.03 bits per heavy atom. The number of anilines is 1. The fourth-order valence-corrected chi connectivity index (χ4v) is 5.75. The van der Waals surface area contributed by atoms with Crippen molar-refractivity contribution in [3.63, 3.8) is 0 Å². The molecular formula is C23H26N2O4S. The van der Waals surface area contributed by atoms with Crippen molar-refractivity contribution in [3.05, 3.63) is 65.2 Å². The van der Waals surface area contributed by atoms with Gasteiger partial charge in [0.2, 0.25) is 10.0 Å². The number of aryl methyl sites for hydroxylation is 1. The van der Waals surface area contributed by atoms with Gasteiger partial charge < -0.3 is 4.90 Å². The van der Waals surface area contributed by atoms with Gasteiger partial charge in [-0.2, -0.15) is 0 Å². The summed E-state index contributed by atoms with van der Waals surface area (Å²) >= 11 is 0. The Hall–Kier alpha value is -2.67. The number of carbonyl (C=O) groups is 2. The Bertz CT molecular complexity index is 1040. The highest BCUT2D eigenvalue weighted by atomic mass is 32.2. The zero-order valence-electron chi connectivity index (χ0n) is 17.1. The van der Waals surface area contributed by atoms with E-state index in [2.05, 4.69) is 0 Å². The van der Waals surface area contributed by atoms with E-state index in [9.17, 15) is 18.0 Å². The summed E-state index contributed by atoms with van der Waals surface area (Å²) in [5.74, 6) is 0.189. The second kappa shape index (κ2) is 8.22. The molecule has 0 saturated carbocycles. The average molecular weight is 427 g/mol. The fraction of sp³-hybridized carbons (Fsp3) is 0.391. The van der Waals surface area contributed by atoms with E-state index < -0.39 is 10.0 Å². The molecule has 0 unspecified atom stereocenters. The number of hydrogen-bond acceptors (Lipinski definition) is 4. The van der Waals surface area contributed by atoms with Crippen molar-refractivity contribution in [1.29, 1.82) is 0 Å². The van der Waals surface area contributed by atoms with E-state index in [1.807, 2.05) is 31.2 Å². The molecule has 30 heavy (non-hydrogen) atoms. The summed E-state index contributed by atoms with van der Waals surface area (Å²) in [5.41, 5.74) is 3.00. The number of amides is 1. The maximum atomic E-state index is 12.9. The molecule has 2 aromatic rings. The number of likely N-dealkylation sites (tertiary alicyclic amines) is 1. The first-order valence-electron chi connectivity index (χ1n) is 10.4. The Morgan fingerprint density at radius 2 is 1.47 bits per heavy atom. The lowest BCUT2D eigenvalue weighted by Crippen LogP contribution is -2.40. The lowest BCUT2D eigenvalue weighted by molar-refractivity contribution is 0.0650. The summed E-state index contributed by atoms with van der Waals surface area (Å²) in [6.07, 6.45) is 1.93. The van der Waals surface area contributed by atoms with Crippen molar-refractivity contribution in [2.75, 3.05) is 29.7 Å². The average Bonchev–Trinajstić information content (AvgIpc) is 3.12. The van der Waals surface area contributed by atoms with Crippen LogP contribution in [0.25, 0.3) is 0 Å². The Kier molecular flexibility index (Phi) is 5.64. The highest BCUT2D eigenvalue weighted by molar-refractivity contribution is 7.93. The van der Waals surface area contributed by atoms with Crippen LogP contribution in [0.5, 0.6) is 0 Å². The summed E-state index contributed by atoms with van der Waals surface area (Å²) in [7, 11) is -3.23. The third kappa shape index (κ3) is 4.12. The minimum Gasteiger partial charge on any atom is -0.339 e. The number of rotatable bonds is 4. The number of hydrogen-bond donors (Lipinski definition) is 0. The lowest BCUT2D eigenvalue weighted by atomic mass is 9.88. The molecular weight excluding hydrogens is 400 g/mol. The normalized spacial score (nSPS) is 19.1. The van der Waals surface area contributed by atoms with Gasteiger partial charge >= 0.3 is 0 Å². The van der Waals surface area contributed by atoms with E-state index in [4.69, 9.17) is 0 Å². The van der Waals surface area contributed by atoms with E-state index in [0.29, 0.717) is 50.1 Å². The number of ketones is 1. The number of benzene rings is 2. The topological polar surface area (TPSA) is 74.8 Å². The van der Waals surface area contributed by atoms with E-state index in [-0.39, 0.29) is 23.4 Å². The number of nitrogens with zero attached hydrogens (tertiary/aromatic N) is 2. The quantitative estimate of drug-likeness (QED) is 0.704. The van der Waals surface area contributed by atoms with E-state index in [0.717, 1.165) is 11.1 Å². The van der Waals surface area contributed by atoms with Crippen LogP contribution in [0.15, 0.2) is 48.5 Å². The Morgan fingerprint density at radius 1 is 0.867 bits per heavy atom. The summed E-state index contributed by atoms with van der Waals surface area (Å²) < 4.78 is 25.5. The molecule has 2 aliphatic rings. The van der Waals surface area contributed by atoms with Crippen molar-refractivity contribution in [1.82, 2.24) is 4.90 Å². The molecule has 158 valence electrons. The molecule has 0 bridgehead atoms. The molecule has 0 radical (unpaired) electrons. The number of piperidine rings is 1. The van der Waals surface area contributed by atoms with Crippen LogP contribution in [0.2, 0.25) is 0 Å². The third-order valence-electron chi connectivity index (χ3n) is 5.99. The maximum absolute atomic E-state index is 12.9. The fourth-order valence-electron chi connectivity index (χ4n) is 4.18. The zero-order valence-corrected chi connectivity index (χ0v) is 17.9. The van der Waals surface area contributed by atoms with Gasteiger partial charge in [0.05, 0.1) is 11.4 Å². The van der Waals surface area contributed by atoms with Gasteiger partial charge in [-0.3, -0.25) is 13.9 Å². The van der Waals surface area contributed by atoms with Crippen molar-refractivity contribution in [3.8, 4) is 0 Å². The lowest BCUT2D eigenvalue weighted by Gasteiger charge is -2.31. The van der Waals surface area contributed by atoms with Crippen LogP contribution in [0.4, 0.5) is 5.69 Å². The van der Waals surface area contributed by atoms with Gasteiger partial charge in [0.25, 0.3) is 5.91 Å². The first kappa shape index (κ1) is 20.6. The van der Waals surface area contributed by atoms with E-state index >= 15 is 0 Å². The van der Waals surface area contributed by atoms with Crippen molar-refractivity contribution in [2.24, 2.45) is 5.92 Å². The van der Waals surface area contributed by atoms with Crippen LogP contribution in [-0.2, 0) is 10.0 Å². The van der Waals surface area contributed by atoms with Crippen LogP contribution in [0.3, 0.4) is 0 Å². The summed E-state index contributed by atoms with van der Waals surface area (Å²) in [6.45, 7) is 3.57. The van der Waals surface area contributed by atoms with Crippen molar-refractivity contribution < 1.29 is 18.0 Å². The van der Waals surface area contributed by atoms with Crippen LogP contribution in [0, 0.1) is 12.8 Å². The molecule has 0 spiro atoms. The predicted octanol–water partition coefficient (Wildman–Crippen LogP) is 3.27. The molecule has 0 atom stereocenters. The summed E-state index contributed by atoms with van der Waals surface area (Å²) in [4.78, 5) is 27.3. The molecule has 2 aromatic carbocycles. The van der Waals surface area contributed by atoms with Crippen LogP contribution in [-0.4, -0.2) is 50.4 Å². The monoisotopic (exact) mass is 426 g/mol. The number of carbonyl (C=O) groups excluding carboxylic acids is 2. The molecule has 0 N–H and O–H groups in total. The molecule has 4 rings (SSSR count). The van der Waals surface area contributed by atoms with Gasteiger partial charge in [0, 0.05) is 36.7 Å². The first-order chi connectivity index (χ1) is 14.3. The van der Waals surface area contributed by atoms with Gasteiger partial charge in [-0.25, -0.2) is 8.42 Å². The second-order valence-corrected chi connectivity index (χ2v) is 10.1. The summed E-state index contributed by atoms with van der Waals surface area (Å²) in [5, 5.41) is 0. The SMILES string of the molecule is Cc1ccc(C(=O)C2CCN(C(=O)c3ccc(N4CCCS4(=O)=O)cc3)CC2)cc1. The van der Waals surface area contributed by atoms with Crippen LogP contribution < -0.4 is 4.31 Å². The highest BCUT2D eigenvalue weighted by Crippen LogP contribution is 2.26. The molecule has 7 heteroatoms. The minimum absolute atomic E-state index is 0.0560. The second-order valence-electron chi connectivity index (χ2n) is 8.09. The van der Waals surface area contributed by atoms with Crippen LogP contribution in [0.1, 0.15) is 45.5 Å². The van der Waals surface area contributed by atoms with Gasteiger partial charge in [-0.05, 0) is 50.5 Å². The van der Waals surface area contributed by atoms with Crippen molar-refractivity contribution >= 4 is 27.4 Å². The molecule has 2 fully saturated rings. The first-order valence-corrected chi connectivity index (χ1v) is 12.0. The predicted molar refractivity (Wildman–Crippen MR) is 116 cm³/mol. The van der Waals surface area contributed by atoms with Gasteiger partial charge in [0.1, 0.15) is 0 Å². The van der Waals surface area contributed by atoms with Crippen molar-refractivity contribution in [2.45, 2.75) is 26.2 Å². The Labute approximate surface area is 177 Å². The molecule has 2 heterocycles. The third-order valence-corrected chi connectivity index (χ3v) is 7.86. The molecule has 6 nitrogen and oxygen atoms in total. The highest BCUT2D eigenvalue weighted by Gasteiger charge is 2.30. The van der Waals surface area contributed by atoms with Gasteiger partial charge in [-0.1, -0.05) is 29.8 Å². The van der Waals surface area contributed by atoms with Gasteiger partial charge in [0.15, 0.2) is 5.78 Å². The molecule has 0 aliphatic carbocycles. The molecule has 0 aromatic heterocycles. The van der Waals surface area contributed by atoms with Gasteiger partial charge in [-0.15, -0.1) is 0 Å². The van der Waals surface area contributed by atoms with E-state index in [1.165, 1.54) is 4.31 Å². The molecule has 1 amide bonds. The Balaban J connectivity index is 1.37. The largest absolute Gasteiger partial charge is 0.339 e. The minimum atomic E-state index is -3.23. The number of sulfonamides is 1. The molecule has 2 saturated heterocycles. The maximum Gasteiger partial charge on any atom is 0.253 e. The number of Topliss-reactive ketones (excluding diaryl/α,β-unsaturated/α-hetero) is 1. The zero-order chi connectivity index (χ0) is 21.3. The smallest absolute Gasteiger partial charge is 0.253 e. The summed E-state index contributed by atoms with van der Waals surface area (Å²) in [6, 6.07) is 14.4. The molecule has 2 aliphatic heterocycles. The standard InChI is InChI=1S/C23H26N2O4S/c1-17-3-5-18(6-4-17)22(26)19-11-14-24(15-12-19)23(27)20-7-9-21(10-8-20)25-13-2-16-30(25,28)29/h3-10,19H,2,11-16H2,1H3. The van der Waals surface area contributed by atoms with E-state index in [1.54, 1.807) is 29.2 Å².